The summed E-state index contributed by atoms with van der Waals surface area (Å²) >= 11 is 12.9. The molecule has 33 heavy (non-hydrogen) atoms. The molecule has 0 atom stereocenters. The minimum absolute atomic E-state index is 0.131. The number of rotatable bonds is 4. The standard InChI is InChI=1S/C29H26Cl2N2/c1-17-5-11-27(25(30)13-17)32-19-7-9-21-22-10-8-20(16-24(22)29(3,4)23(21)15-19)33-28-12-6-18(2)14-26(28)31/h5-16,32-33H,1-4H3. The smallest absolute Gasteiger partial charge is 0.0643 e. The van der Waals surface area contributed by atoms with Gasteiger partial charge in [-0.3, -0.25) is 0 Å². The summed E-state index contributed by atoms with van der Waals surface area (Å²) in [7, 11) is 0. The van der Waals surface area contributed by atoms with Crippen LogP contribution < -0.4 is 10.6 Å². The van der Waals surface area contributed by atoms with E-state index >= 15 is 0 Å². The highest BCUT2D eigenvalue weighted by atomic mass is 35.5. The molecule has 2 N–H and O–H groups in total. The van der Waals surface area contributed by atoms with Crippen molar-refractivity contribution < 1.29 is 0 Å². The van der Waals surface area contributed by atoms with Gasteiger partial charge >= 0.3 is 0 Å². The fraction of sp³-hybridized carbons (Fsp3) is 0.172. The van der Waals surface area contributed by atoms with Crippen LogP contribution in [-0.2, 0) is 5.41 Å². The van der Waals surface area contributed by atoms with Crippen LogP contribution in [0.4, 0.5) is 22.7 Å². The van der Waals surface area contributed by atoms with Crippen molar-refractivity contribution in [1.82, 2.24) is 0 Å². The van der Waals surface area contributed by atoms with Gasteiger partial charge in [0.05, 0.1) is 21.4 Å². The lowest BCUT2D eigenvalue weighted by Gasteiger charge is -2.23. The van der Waals surface area contributed by atoms with Crippen LogP contribution in [0.3, 0.4) is 0 Å². The van der Waals surface area contributed by atoms with E-state index in [0.29, 0.717) is 0 Å². The Morgan fingerprint density at radius 1 is 0.576 bits per heavy atom. The van der Waals surface area contributed by atoms with Gasteiger partial charge in [0.25, 0.3) is 0 Å². The average Bonchev–Trinajstić information content (AvgIpc) is 2.99. The molecule has 0 radical (unpaired) electrons. The molecule has 0 aromatic heterocycles. The largest absolute Gasteiger partial charge is 0.354 e. The van der Waals surface area contributed by atoms with Crippen molar-refractivity contribution in [3.05, 3.63) is 105 Å². The summed E-state index contributed by atoms with van der Waals surface area (Å²) in [6.07, 6.45) is 0. The summed E-state index contributed by atoms with van der Waals surface area (Å²) in [5, 5.41) is 8.43. The Morgan fingerprint density at radius 2 is 1.00 bits per heavy atom. The lowest BCUT2D eigenvalue weighted by atomic mass is 9.82. The van der Waals surface area contributed by atoms with E-state index in [2.05, 4.69) is 73.0 Å². The van der Waals surface area contributed by atoms with Crippen molar-refractivity contribution in [2.75, 3.05) is 10.6 Å². The summed E-state index contributed by atoms with van der Waals surface area (Å²) in [5.41, 5.74) is 11.2. The molecule has 0 spiro atoms. The third kappa shape index (κ3) is 3.99. The second-order valence-electron chi connectivity index (χ2n) is 9.36. The number of nitrogens with one attached hydrogen (secondary N) is 2. The number of benzene rings is 4. The first-order valence-electron chi connectivity index (χ1n) is 11.1. The van der Waals surface area contributed by atoms with Gasteiger partial charge in [-0.15, -0.1) is 0 Å². The van der Waals surface area contributed by atoms with E-state index < -0.39 is 0 Å². The van der Waals surface area contributed by atoms with Crippen LogP contribution in [0.15, 0.2) is 72.8 Å². The highest BCUT2D eigenvalue weighted by Gasteiger charge is 2.35. The highest BCUT2D eigenvalue weighted by molar-refractivity contribution is 6.33. The molecule has 0 saturated carbocycles. The first-order valence-corrected chi connectivity index (χ1v) is 11.8. The van der Waals surface area contributed by atoms with Crippen LogP contribution in [0.2, 0.25) is 10.0 Å². The van der Waals surface area contributed by atoms with Gasteiger partial charge in [0.2, 0.25) is 0 Å². The zero-order valence-corrected chi connectivity index (χ0v) is 20.7. The van der Waals surface area contributed by atoms with Gasteiger partial charge in [-0.2, -0.15) is 0 Å². The number of hydrogen-bond acceptors (Lipinski definition) is 2. The van der Waals surface area contributed by atoms with Gasteiger partial charge < -0.3 is 10.6 Å². The van der Waals surface area contributed by atoms with Crippen molar-refractivity contribution >= 4 is 46.0 Å². The Hall–Kier alpha value is -2.94. The summed E-state index contributed by atoms with van der Waals surface area (Å²) in [4.78, 5) is 0. The Balaban J connectivity index is 1.48. The van der Waals surface area contributed by atoms with E-state index in [-0.39, 0.29) is 5.41 Å². The molecule has 1 aliphatic rings. The Labute approximate surface area is 205 Å². The van der Waals surface area contributed by atoms with Crippen molar-refractivity contribution in [3.8, 4) is 11.1 Å². The molecule has 0 fully saturated rings. The molecule has 166 valence electrons. The number of fused-ring (bicyclic) bond motifs is 3. The van der Waals surface area contributed by atoms with Crippen LogP contribution in [0, 0.1) is 13.8 Å². The van der Waals surface area contributed by atoms with Crippen LogP contribution in [0.5, 0.6) is 0 Å². The molecule has 5 rings (SSSR count). The topological polar surface area (TPSA) is 24.1 Å². The molecule has 0 unspecified atom stereocenters. The van der Waals surface area contributed by atoms with Crippen molar-refractivity contribution in [2.45, 2.75) is 33.1 Å². The van der Waals surface area contributed by atoms with Gasteiger partial charge in [-0.25, -0.2) is 0 Å². The Morgan fingerprint density at radius 3 is 1.39 bits per heavy atom. The molecular weight excluding hydrogens is 447 g/mol. The maximum absolute atomic E-state index is 6.45. The number of anilines is 4. The van der Waals surface area contributed by atoms with Gasteiger partial charge in [0, 0.05) is 16.8 Å². The number of halogens is 2. The fourth-order valence-electron chi connectivity index (χ4n) is 4.65. The van der Waals surface area contributed by atoms with E-state index in [0.717, 1.165) is 43.9 Å². The van der Waals surface area contributed by atoms with Gasteiger partial charge in [0.15, 0.2) is 0 Å². The molecule has 4 aromatic rings. The monoisotopic (exact) mass is 472 g/mol. The Kier molecular flexibility index (Phi) is 5.39. The van der Waals surface area contributed by atoms with E-state index in [1.165, 1.54) is 22.3 Å². The molecule has 0 saturated heterocycles. The van der Waals surface area contributed by atoms with E-state index in [4.69, 9.17) is 23.2 Å². The predicted molar refractivity (Wildman–Crippen MR) is 143 cm³/mol. The maximum atomic E-state index is 6.45. The van der Waals surface area contributed by atoms with Crippen molar-refractivity contribution in [3.63, 3.8) is 0 Å². The summed E-state index contributed by atoms with van der Waals surface area (Å²) < 4.78 is 0. The first kappa shape index (κ1) is 21.9. The van der Waals surface area contributed by atoms with Crippen molar-refractivity contribution in [2.24, 2.45) is 0 Å². The van der Waals surface area contributed by atoms with Gasteiger partial charge in [-0.05, 0) is 95.8 Å². The predicted octanol–water partition coefficient (Wildman–Crippen LogP) is 9.40. The lowest BCUT2D eigenvalue weighted by Crippen LogP contribution is -2.15. The molecule has 4 aromatic carbocycles. The van der Waals surface area contributed by atoms with Gasteiger partial charge in [-0.1, -0.05) is 61.3 Å². The minimum Gasteiger partial charge on any atom is -0.354 e. The Bertz CT molecular complexity index is 1280. The summed E-state index contributed by atoms with van der Waals surface area (Å²) in [5.74, 6) is 0. The lowest BCUT2D eigenvalue weighted by molar-refractivity contribution is 0.661. The third-order valence-corrected chi connectivity index (χ3v) is 7.11. The normalized spacial score (nSPS) is 13.4. The number of hydrogen-bond donors (Lipinski definition) is 2. The van der Waals surface area contributed by atoms with Gasteiger partial charge in [0.1, 0.15) is 0 Å². The summed E-state index contributed by atoms with van der Waals surface area (Å²) in [6, 6.07) is 25.3. The number of aryl methyl sites for hydroxylation is 2. The SMILES string of the molecule is Cc1ccc(Nc2ccc3c(c2)C(C)(C)c2cc(Nc4ccc(C)cc4Cl)ccc2-3)c(Cl)c1. The first-order chi connectivity index (χ1) is 15.7. The van der Waals surface area contributed by atoms with Crippen LogP contribution in [0.1, 0.15) is 36.1 Å². The minimum atomic E-state index is -0.131. The van der Waals surface area contributed by atoms with Crippen LogP contribution in [-0.4, -0.2) is 0 Å². The highest BCUT2D eigenvalue weighted by Crippen LogP contribution is 2.50. The van der Waals surface area contributed by atoms with E-state index in [9.17, 15) is 0 Å². The molecule has 2 nitrogen and oxygen atoms in total. The second kappa shape index (κ2) is 8.13. The fourth-order valence-corrected chi connectivity index (χ4v) is 5.21. The molecule has 4 heteroatoms. The molecule has 0 bridgehead atoms. The molecular formula is C29H26Cl2N2. The molecule has 0 aliphatic heterocycles. The average molecular weight is 473 g/mol. The second-order valence-corrected chi connectivity index (χ2v) is 10.2. The quantitative estimate of drug-likeness (QED) is 0.308. The zero-order chi connectivity index (χ0) is 23.3. The third-order valence-electron chi connectivity index (χ3n) is 6.48. The maximum Gasteiger partial charge on any atom is 0.0643 e. The van der Waals surface area contributed by atoms with Crippen LogP contribution in [0.25, 0.3) is 11.1 Å². The molecule has 1 aliphatic carbocycles. The summed E-state index contributed by atoms with van der Waals surface area (Å²) in [6.45, 7) is 8.65. The van der Waals surface area contributed by atoms with Crippen molar-refractivity contribution in [1.29, 1.82) is 0 Å². The van der Waals surface area contributed by atoms with Crippen LogP contribution >= 0.6 is 23.2 Å². The molecule has 0 heterocycles. The molecule has 0 amide bonds. The van der Waals surface area contributed by atoms with E-state index in [1.807, 2.05) is 38.1 Å². The zero-order valence-electron chi connectivity index (χ0n) is 19.2. The van der Waals surface area contributed by atoms with E-state index in [1.54, 1.807) is 0 Å².